The Kier molecular flexibility index (Phi) is 9.11. The number of benzene rings is 1. The first kappa shape index (κ1) is 28.4. The molecule has 0 aliphatic heterocycles. The zero-order valence-corrected chi connectivity index (χ0v) is 21.0. The van der Waals surface area contributed by atoms with E-state index >= 15 is 0 Å². The van der Waals surface area contributed by atoms with Gasteiger partial charge in [-0.3, -0.25) is 0 Å². The molecule has 1 atom stereocenters. The monoisotopic (exact) mass is 465 g/mol. The number of rotatable bonds is 5. The molecule has 1 aromatic carbocycles. The number of hydrogen-bond donors (Lipinski definition) is 2. The highest BCUT2D eigenvalue weighted by Crippen LogP contribution is 2.21. The highest BCUT2D eigenvalue weighted by atomic mass is 16.6. The van der Waals surface area contributed by atoms with Gasteiger partial charge in [0.05, 0.1) is 0 Å². The minimum atomic E-state index is -1.65. The Labute approximate surface area is 196 Å². The number of ether oxygens (including phenoxy) is 3. The lowest BCUT2D eigenvalue weighted by Crippen LogP contribution is -2.54. The highest BCUT2D eigenvalue weighted by molar-refractivity contribution is 6.58. The van der Waals surface area contributed by atoms with Crippen molar-refractivity contribution in [3.8, 4) is 0 Å². The molecule has 0 spiro atoms. The molecule has 0 aliphatic rings. The summed E-state index contributed by atoms with van der Waals surface area (Å²) >= 11 is 0. The van der Waals surface area contributed by atoms with Crippen LogP contribution in [0, 0.1) is 0 Å². The number of nitrogens with zero attached hydrogens (tertiary/aromatic N) is 1. The molecule has 0 bridgehead atoms. The van der Waals surface area contributed by atoms with Gasteiger partial charge in [0.25, 0.3) is 0 Å². The number of amides is 2. The quantitative estimate of drug-likeness (QED) is 0.387. The van der Waals surface area contributed by atoms with Crippen LogP contribution in [0.1, 0.15) is 67.9 Å². The van der Waals surface area contributed by atoms with Crippen molar-refractivity contribution >= 4 is 30.7 Å². The first-order valence-corrected chi connectivity index (χ1v) is 10.7. The summed E-state index contributed by atoms with van der Waals surface area (Å²) in [5, 5.41) is 18.6. The van der Waals surface area contributed by atoms with E-state index in [1.165, 1.54) is 12.1 Å². The van der Waals surface area contributed by atoms with Crippen LogP contribution in [-0.2, 0) is 25.4 Å². The van der Waals surface area contributed by atoms with Gasteiger partial charge in [0.2, 0.25) is 0 Å². The second-order valence-corrected chi connectivity index (χ2v) is 10.7. The summed E-state index contributed by atoms with van der Waals surface area (Å²) in [5.41, 5.74) is -1.95. The third-order valence-electron chi connectivity index (χ3n) is 3.88. The van der Waals surface area contributed by atoms with Crippen molar-refractivity contribution < 1.29 is 38.6 Å². The van der Waals surface area contributed by atoms with Gasteiger partial charge in [-0.15, -0.1) is 0 Å². The van der Waals surface area contributed by atoms with Crippen LogP contribution < -0.4 is 5.46 Å². The topological polar surface area (TPSA) is 123 Å². The number of imide groups is 1. The van der Waals surface area contributed by atoms with Crippen molar-refractivity contribution in [3.05, 3.63) is 29.8 Å². The Balaban J connectivity index is 3.47. The second-order valence-electron chi connectivity index (χ2n) is 10.7. The number of carbonyl (C=O) groups excluding carboxylic acids is 3. The molecular formula is C23H36BNO8. The van der Waals surface area contributed by atoms with Gasteiger partial charge in [-0.1, -0.05) is 24.3 Å². The van der Waals surface area contributed by atoms with E-state index in [4.69, 9.17) is 14.2 Å². The van der Waals surface area contributed by atoms with E-state index in [1.807, 2.05) is 0 Å². The second kappa shape index (κ2) is 10.6. The fraction of sp³-hybridized carbons (Fsp3) is 0.609. The maximum Gasteiger partial charge on any atom is 0.488 e. The predicted molar refractivity (Wildman–Crippen MR) is 124 cm³/mol. The Morgan fingerprint density at radius 3 is 1.52 bits per heavy atom. The first-order chi connectivity index (χ1) is 14.8. The Morgan fingerprint density at radius 1 is 0.788 bits per heavy atom. The van der Waals surface area contributed by atoms with Gasteiger partial charge >= 0.3 is 25.3 Å². The molecule has 0 aromatic heterocycles. The summed E-state index contributed by atoms with van der Waals surface area (Å²) in [6.45, 7) is 14.8. The molecule has 0 radical (unpaired) electrons. The third-order valence-corrected chi connectivity index (χ3v) is 3.88. The molecule has 9 nitrogen and oxygen atoms in total. The van der Waals surface area contributed by atoms with Gasteiger partial charge in [-0.2, -0.15) is 4.90 Å². The summed E-state index contributed by atoms with van der Waals surface area (Å²) in [7, 11) is -1.65. The van der Waals surface area contributed by atoms with Crippen molar-refractivity contribution in [2.45, 2.75) is 91.6 Å². The average molecular weight is 465 g/mol. The van der Waals surface area contributed by atoms with Crippen LogP contribution in [0.15, 0.2) is 24.3 Å². The number of esters is 1. The summed E-state index contributed by atoms with van der Waals surface area (Å²) in [6, 6.07) is 4.68. The van der Waals surface area contributed by atoms with E-state index < -0.39 is 48.1 Å². The van der Waals surface area contributed by atoms with E-state index in [9.17, 15) is 24.4 Å². The molecule has 10 heteroatoms. The number of carbonyl (C=O) groups is 3. The molecule has 0 aliphatic carbocycles. The summed E-state index contributed by atoms with van der Waals surface area (Å²) < 4.78 is 16.3. The fourth-order valence-corrected chi connectivity index (χ4v) is 2.65. The van der Waals surface area contributed by atoms with E-state index in [-0.39, 0.29) is 11.9 Å². The van der Waals surface area contributed by atoms with Gasteiger partial charge in [0.15, 0.2) is 0 Å². The maximum absolute atomic E-state index is 13.2. The first-order valence-electron chi connectivity index (χ1n) is 10.7. The van der Waals surface area contributed by atoms with Gasteiger partial charge < -0.3 is 24.3 Å². The highest BCUT2D eigenvalue weighted by Gasteiger charge is 2.42. The van der Waals surface area contributed by atoms with Crippen LogP contribution in [0.25, 0.3) is 0 Å². The van der Waals surface area contributed by atoms with Crippen LogP contribution in [0.4, 0.5) is 9.59 Å². The minimum Gasteiger partial charge on any atom is -0.458 e. The van der Waals surface area contributed by atoms with Gasteiger partial charge in [-0.05, 0) is 73.3 Å². The van der Waals surface area contributed by atoms with Crippen LogP contribution >= 0.6 is 0 Å². The lowest BCUT2D eigenvalue weighted by Gasteiger charge is -2.33. The molecule has 1 rings (SSSR count). The Morgan fingerprint density at radius 2 is 1.18 bits per heavy atom. The van der Waals surface area contributed by atoms with Crippen molar-refractivity contribution in [2.75, 3.05) is 0 Å². The molecule has 0 heterocycles. The van der Waals surface area contributed by atoms with E-state index in [0.717, 1.165) is 0 Å². The maximum atomic E-state index is 13.2. The average Bonchev–Trinajstić information content (AvgIpc) is 2.56. The summed E-state index contributed by atoms with van der Waals surface area (Å²) in [6.07, 6.45) is -2.19. The van der Waals surface area contributed by atoms with Crippen LogP contribution in [0.3, 0.4) is 0 Å². The Bertz CT molecular complexity index is 804. The lowest BCUT2D eigenvalue weighted by molar-refractivity contribution is -0.161. The van der Waals surface area contributed by atoms with Crippen molar-refractivity contribution in [1.29, 1.82) is 0 Å². The SMILES string of the molecule is CC(C)(C)OC(=O)C(Cc1ccc(B(O)O)cc1)N(C(=O)OC(C)(C)C)C(=O)OC(C)(C)C. The normalized spacial score (nSPS) is 13.1. The minimum absolute atomic E-state index is 0.102. The molecule has 184 valence electrons. The largest absolute Gasteiger partial charge is 0.488 e. The smallest absolute Gasteiger partial charge is 0.458 e. The lowest BCUT2D eigenvalue weighted by atomic mass is 9.80. The molecule has 2 amide bonds. The predicted octanol–water partition coefficient (Wildman–Crippen LogP) is 2.79. The molecule has 0 fully saturated rings. The van der Waals surface area contributed by atoms with Crippen LogP contribution in [-0.4, -0.2) is 63.1 Å². The molecule has 0 saturated heterocycles. The molecule has 1 unspecified atom stereocenters. The third kappa shape index (κ3) is 10.3. The molecule has 2 N–H and O–H groups in total. The van der Waals surface area contributed by atoms with Crippen LogP contribution in [0.2, 0.25) is 0 Å². The van der Waals surface area contributed by atoms with Gasteiger partial charge in [-0.25, -0.2) is 14.4 Å². The Hall–Kier alpha value is -2.59. The fourth-order valence-electron chi connectivity index (χ4n) is 2.65. The zero-order chi connectivity index (χ0) is 25.8. The van der Waals surface area contributed by atoms with Crippen molar-refractivity contribution in [3.63, 3.8) is 0 Å². The summed E-state index contributed by atoms with van der Waals surface area (Å²) in [4.78, 5) is 39.9. The van der Waals surface area contributed by atoms with E-state index in [2.05, 4.69) is 0 Å². The molecule has 1 aromatic rings. The molecule has 0 saturated carbocycles. The van der Waals surface area contributed by atoms with E-state index in [1.54, 1.807) is 74.4 Å². The van der Waals surface area contributed by atoms with Gasteiger partial charge in [0, 0.05) is 6.42 Å². The van der Waals surface area contributed by atoms with Crippen LogP contribution in [0.5, 0.6) is 0 Å². The molecule has 33 heavy (non-hydrogen) atoms. The zero-order valence-electron chi connectivity index (χ0n) is 21.0. The van der Waals surface area contributed by atoms with Crippen molar-refractivity contribution in [2.24, 2.45) is 0 Å². The summed E-state index contributed by atoms with van der Waals surface area (Å²) in [5.74, 6) is -0.814. The van der Waals surface area contributed by atoms with Gasteiger partial charge in [0.1, 0.15) is 22.8 Å². The van der Waals surface area contributed by atoms with Crippen molar-refractivity contribution in [1.82, 2.24) is 4.90 Å². The number of hydrogen-bond acceptors (Lipinski definition) is 8. The standard InChI is InChI=1S/C23H36BNO8/c1-21(2,3)31-18(26)17(14-15-10-12-16(13-11-15)24(29)30)25(19(27)32-22(4,5)6)20(28)33-23(7,8)9/h10-13,17,29-30H,14H2,1-9H3. The van der Waals surface area contributed by atoms with E-state index in [0.29, 0.717) is 10.5 Å². The molecular weight excluding hydrogens is 429 g/mol.